The van der Waals surface area contributed by atoms with Crippen molar-refractivity contribution in [2.24, 2.45) is 0 Å². The number of benzene rings is 2. The maximum atomic E-state index is 12.8. The van der Waals surface area contributed by atoms with Gasteiger partial charge < -0.3 is 25.2 Å². The standard InChI is InChI=1S/C30H34N6O3S/c37-28(20-22-6-2-1-3-7-22)34-29(40)32-23-8-10-25(11-9-23)39-26-12-15-31-27(21-26)33-30(38)36-18-13-24(14-19-36)35-16-4-5-17-35/h1-3,6-12,15,21,24H,4-5,13-14,16-20H2,(H,31,33,38)(H2,32,34,37,40). The molecule has 0 atom stereocenters. The minimum atomic E-state index is -0.184. The monoisotopic (exact) mass is 558 g/mol. The van der Waals surface area contributed by atoms with Crippen LogP contribution in [0.2, 0.25) is 0 Å². The summed E-state index contributed by atoms with van der Waals surface area (Å²) in [6, 6.07) is 20.6. The first-order chi connectivity index (χ1) is 19.5. The lowest BCUT2D eigenvalue weighted by atomic mass is 10.0. The highest BCUT2D eigenvalue weighted by Crippen LogP contribution is 2.25. The number of urea groups is 1. The SMILES string of the molecule is O=C(Cc1ccccc1)NC(=S)Nc1ccc(Oc2ccnc(NC(=O)N3CCC(N4CCCC4)CC3)c2)cc1. The summed E-state index contributed by atoms with van der Waals surface area (Å²) in [4.78, 5) is 33.8. The van der Waals surface area contributed by atoms with E-state index in [9.17, 15) is 9.59 Å². The van der Waals surface area contributed by atoms with Gasteiger partial charge in [0.25, 0.3) is 0 Å². The number of rotatable bonds is 7. The minimum Gasteiger partial charge on any atom is -0.457 e. The van der Waals surface area contributed by atoms with E-state index < -0.39 is 0 Å². The number of ether oxygens (including phenoxy) is 1. The molecule has 0 aliphatic carbocycles. The summed E-state index contributed by atoms with van der Waals surface area (Å²) in [5.41, 5.74) is 1.63. The Labute approximate surface area is 239 Å². The Balaban J connectivity index is 1.08. The van der Waals surface area contributed by atoms with Crippen LogP contribution >= 0.6 is 12.2 Å². The molecule has 1 aromatic heterocycles. The Bertz CT molecular complexity index is 1310. The molecule has 2 aliphatic heterocycles. The van der Waals surface area contributed by atoms with E-state index in [4.69, 9.17) is 17.0 Å². The van der Waals surface area contributed by atoms with Gasteiger partial charge in [0.1, 0.15) is 17.3 Å². The number of nitrogens with one attached hydrogen (secondary N) is 3. The highest BCUT2D eigenvalue weighted by molar-refractivity contribution is 7.80. The summed E-state index contributed by atoms with van der Waals surface area (Å²) in [5.74, 6) is 1.43. The number of aromatic nitrogens is 1. The quantitative estimate of drug-likeness (QED) is 0.350. The van der Waals surface area contributed by atoms with Crippen molar-refractivity contribution >= 4 is 40.8 Å². The molecule has 2 aliphatic rings. The molecule has 3 N–H and O–H groups in total. The van der Waals surface area contributed by atoms with Crippen LogP contribution < -0.4 is 20.7 Å². The van der Waals surface area contributed by atoms with Gasteiger partial charge in [0.2, 0.25) is 5.91 Å². The van der Waals surface area contributed by atoms with Gasteiger partial charge in [0.05, 0.1) is 6.42 Å². The molecule has 2 saturated heterocycles. The normalized spacial score (nSPS) is 15.8. The largest absolute Gasteiger partial charge is 0.457 e. The van der Waals surface area contributed by atoms with Crippen molar-refractivity contribution in [1.29, 1.82) is 0 Å². The molecule has 3 aromatic rings. The summed E-state index contributed by atoms with van der Waals surface area (Å²) in [7, 11) is 0. The maximum Gasteiger partial charge on any atom is 0.323 e. The van der Waals surface area contributed by atoms with E-state index in [0.717, 1.165) is 31.5 Å². The van der Waals surface area contributed by atoms with Crippen LogP contribution in [0.4, 0.5) is 16.3 Å². The predicted molar refractivity (Wildman–Crippen MR) is 160 cm³/mol. The Kier molecular flexibility index (Phi) is 9.20. The van der Waals surface area contributed by atoms with E-state index in [0.29, 0.717) is 29.0 Å². The maximum absolute atomic E-state index is 12.8. The van der Waals surface area contributed by atoms with Gasteiger partial charge in [-0.25, -0.2) is 9.78 Å². The number of hydrogen-bond acceptors (Lipinski definition) is 6. The number of nitrogens with zero attached hydrogens (tertiary/aromatic N) is 3. The summed E-state index contributed by atoms with van der Waals surface area (Å²) >= 11 is 5.27. The van der Waals surface area contributed by atoms with Gasteiger partial charge in [0.15, 0.2) is 5.11 Å². The number of thiocarbonyl (C=S) groups is 1. The van der Waals surface area contributed by atoms with Crippen LogP contribution in [0, 0.1) is 0 Å². The average molecular weight is 559 g/mol. The van der Waals surface area contributed by atoms with Crippen molar-refractivity contribution in [1.82, 2.24) is 20.1 Å². The van der Waals surface area contributed by atoms with Crippen LogP contribution in [-0.4, -0.2) is 64.1 Å². The molecule has 0 bridgehead atoms. The van der Waals surface area contributed by atoms with Crippen molar-refractivity contribution in [3.63, 3.8) is 0 Å². The van der Waals surface area contributed by atoms with E-state index in [2.05, 4.69) is 25.8 Å². The molecule has 3 heterocycles. The molecule has 0 unspecified atom stereocenters. The fourth-order valence-electron chi connectivity index (χ4n) is 5.13. The minimum absolute atomic E-state index is 0.133. The van der Waals surface area contributed by atoms with Crippen molar-refractivity contribution in [2.75, 3.05) is 36.8 Å². The molecule has 208 valence electrons. The number of hydrogen-bond donors (Lipinski definition) is 3. The van der Waals surface area contributed by atoms with Gasteiger partial charge in [-0.2, -0.15) is 0 Å². The number of amides is 3. The molecule has 0 radical (unpaired) electrons. The number of carbonyl (C=O) groups is 2. The van der Waals surface area contributed by atoms with Gasteiger partial charge in [-0.15, -0.1) is 0 Å². The number of piperidine rings is 1. The average Bonchev–Trinajstić information content (AvgIpc) is 3.50. The summed E-state index contributed by atoms with van der Waals surface area (Å²) in [6.07, 6.45) is 6.46. The number of anilines is 2. The zero-order chi connectivity index (χ0) is 27.7. The first-order valence-electron chi connectivity index (χ1n) is 13.7. The van der Waals surface area contributed by atoms with Crippen LogP contribution in [0.5, 0.6) is 11.5 Å². The van der Waals surface area contributed by atoms with Gasteiger partial charge in [-0.05, 0) is 86.9 Å². The van der Waals surface area contributed by atoms with E-state index >= 15 is 0 Å². The lowest BCUT2D eigenvalue weighted by molar-refractivity contribution is -0.119. The van der Waals surface area contributed by atoms with E-state index in [1.165, 1.54) is 25.9 Å². The van der Waals surface area contributed by atoms with Gasteiger partial charge in [-0.3, -0.25) is 10.1 Å². The molecule has 0 saturated carbocycles. The zero-order valence-electron chi connectivity index (χ0n) is 22.3. The molecule has 40 heavy (non-hydrogen) atoms. The topological polar surface area (TPSA) is 98.8 Å². The molecular formula is C30H34N6O3S. The third-order valence-electron chi connectivity index (χ3n) is 7.18. The molecule has 9 nitrogen and oxygen atoms in total. The van der Waals surface area contributed by atoms with Crippen LogP contribution in [0.1, 0.15) is 31.2 Å². The summed E-state index contributed by atoms with van der Waals surface area (Å²) in [6.45, 7) is 3.88. The van der Waals surface area contributed by atoms with Crippen LogP contribution in [-0.2, 0) is 11.2 Å². The smallest absolute Gasteiger partial charge is 0.323 e. The zero-order valence-corrected chi connectivity index (χ0v) is 23.2. The molecule has 2 aromatic carbocycles. The molecular weight excluding hydrogens is 524 g/mol. The predicted octanol–water partition coefficient (Wildman–Crippen LogP) is 5.02. The highest BCUT2D eigenvalue weighted by Gasteiger charge is 2.28. The second kappa shape index (κ2) is 13.4. The van der Waals surface area contributed by atoms with Crippen molar-refractivity contribution in [2.45, 2.75) is 38.1 Å². The first-order valence-corrected chi connectivity index (χ1v) is 14.1. The fraction of sp³-hybridized carbons (Fsp3) is 0.333. The lowest BCUT2D eigenvalue weighted by Crippen LogP contribution is -2.47. The highest BCUT2D eigenvalue weighted by atomic mass is 32.1. The number of likely N-dealkylation sites (tertiary alicyclic amines) is 2. The van der Waals surface area contributed by atoms with E-state index in [1.54, 1.807) is 42.6 Å². The van der Waals surface area contributed by atoms with Crippen molar-refractivity contribution in [3.05, 3.63) is 78.5 Å². The molecule has 5 rings (SSSR count). The second-order valence-electron chi connectivity index (χ2n) is 10.1. The molecule has 10 heteroatoms. The molecule has 3 amide bonds. The van der Waals surface area contributed by atoms with E-state index in [1.807, 2.05) is 35.2 Å². The molecule has 0 spiro atoms. The number of carbonyl (C=O) groups excluding carboxylic acids is 2. The van der Waals surface area contributed by atoms with Gasteiger partial charge >= 0.3 is 6.03 Å². The summed E-state index contributed by atoms with van der Waals surface area (Å²) in [5, 5.41) is 8.84. The summed E-state index contributed by atoms with van der Waals surface area (Å²) < 4.78 is 5.97. The first kappa shape index (κ1) is 27.5. The Hall–Kier alpha value is -4.02. The van der Waals surface area contributed by atoms with Crippen molar-refractivity contribution < 1.29 is 14.3 Å². The Morgan fingerprint density at radius 2 is 1.62 bits per heavy atom. The van der Waals surface area contributed by atoms with Gasteiger partial charge in [0, 0.05) is 37.1 Å². The Morgan fingerprint density at radius 1 is 0.900 bits per heavy atom. The Morgan fingerprint density at radius 3 is 2.35 bits per heavy atom. The third kappa shape index (κ3) is 7.77. The second-order valence-corrected chi connectivity index (χ2v) is 10.5. The fourth-order valence-corrected chi connectivity index (χ4v) is 5.36. The lowest BCUT2D eigenvalue weighted by Gasteiger charge is -2.36. The third-order valence-corrected chi connectivity index (χ3v) is 7.39. The van der Waals surface area contributed by atoms with Crippen LogP contribution in [0.3, 0.4) is 0 Å². The number of pyridine rings is 1. The van der Waals surface area contributed by atoms with E-state index in [-0.39, 0.29) is 23.5 Å². The molecule has 2 fully saturated rings. The van der Waals surface area contributed by atoms with Gasteiger partial charge in [-0.1, -0.05) is 30.3 Å². The van der Waals surface area contributed by atoms with Crippen molar-refractivity contribution in [3.8, 4) is 11.5 Å². The van der Waals surface area contributed by atoms with Crippen LogP contribution in [0.25, 0.3) is 0 Å². The van der Waals surface area contributed by atoms with Crippen LogP contribution in [0.15, 0.2) is 72.9 Å².